The van der Waals surface area contributed by atoms with E-state index in [1.165, 1.54) is 24.0 Å². The Balaban J connectivity index is 1.84. The number of carbonyl (C=O) groups is 3. The zero-order valence-electron chi connectivity index (χ0n) is 15.1. The van der Waals surface area contributed by atoms with Crippen molar-refractivity contribution in [3.8, 4) is 0 Å². The molecule has 0 atom stereocenters. The predicted octanol–water partition coefficient (Wildman–Crippen LogP) is 2.77. The molecule has 2 amide bonds. The molecule has 0 saturated heterocycles. The third-order valence-corrected chi connectivity index (χ3v) is 3.73. The summed E-state index contributed by atoms with van der Waals surface area (Å²) in [6.45, 7) is 3.53. The van der Waals surface area contributed by atoms with Crippen LogP contribution in [0, 0.1) is 6.92 Å². The first-order valence-corrected chi connectivity index (χ1v) is 8.19. The minimum absolute atomic E-state index is 0.192. The van der Waals surface area contributed by atoms with Crippen LogP contribution in [0.4, 0.5) is 5.69 Å². The molecule has 0 unspecified atom stereocenters. The molecule has 6 heteroatoms. The Kier molecular flexibility index (Phi) is 6.49. The van der Waals surface area contributed by atoms with Gasteiger partial charge in [-0.25, -0.2) is 4.79 Å². The second-order valence-electron chi connectivity index (χ2n) is 6.07. The number of nitrogens with zero attached hydrogens (tertiary/aromatic N) is 1. The minimum atomic E-state index is -0.587. The van der Waals surface area contributed by atoms with Crippen molar-refractivity contribution in [1.29, 1.82) is 0 Å². The highest BCUT2D eigenvalue weighted by atomic mass is 16.5. The number of nitrogens with one attached hydrogen (secondary N) is 1. The highest BCUT2D eigenvalue weighted by molar-refractivity contribution is 5.93. The predicted molar refractivity (Wildman–Crippen MR) is 98.7 cm³/mol. The Bertz CT molecular complexity index is 782. The van der Waals surface area contributed by atoms with E-state index in [-0.39, 0.29) is 18.4 Å². The lowest BCUT2D eigenvalue weighted by atomic mass is 10.1. The summed E-state index contributed by atoms with van der Waals surface area (Å²) < 4.78 is 5.07. The molecule has 1 N–H and O–H groups in total. The molecule has 6 nitrogen and oxygen atoms in total. The van der Waals surface area contributed by atoms with Gasteiger partial charge in [-0.05, 0) is 36.8 Å². The summed E-state index contributed by atoms with van der Waals surface area (Å²) in [6, 6.07) is 14.2. The maximum atomic E-state index is 12.1. The smallest absolute Gasteiger partial charge is 0.338 e. The van der Waals surface area contributed by atoms with E-state index in [0.717, 1.165) is 11.1 Å². The van der Waals surface area contributed by atoms with Crippen LogP contribution < -0.4 is 5.32 Å². The van der Waals surface area contributed by atoms with Crippen LogP contribution in [0.15, 0.2) is 48.5 Å². The van der Waals surface area contributed by atoms with Crippen molar-refractivity contribution in [2.75, 3.05) is 19.0 Å². The summed E-state index contributed by atoms with van der Waals surface area (Å²) in [6.07, 6.45) is 0. The van der Waals surface area contributed by atoms with Gasteiger partial charge in [0.25, 0.3) is 5.91 Å². The normalized spacial score (nSPS) is 10.1. The Hall–Kier alpha value is -3.15. The van der Waals surface area contributed by atoms with Crippen molar-refractivity contribution in [1.82, 2.24) is 4.90 Å². The Morgan fingerprint density at radius 1 is 1.00 bits per heavy atom. The van der Waals surface area contributed by atoms with Gasteiger partial charge in [-0.15, -0.1) is 0 Å². The quantitative estimate of drug-likeness (QED) is 0.810. The maximum Gasteiger partial charge on any atom is 0.338 e. The van der Waals surface area contributed by atoms with Crippen LogP contribution in [-0.2, 0) is 20.9 Å². The first-order valence-electron chi connectivity index (χ1n) is 8.19. The molecular formula is C20H22N2O4. The van der Waals surface area contributed by atoms with E-state index in [2.05, 4.69) is 5.32 Å². The first kappa shape index (κ1) is 19.2. The largest absolute Gasteiger partial charge is 0.452 e. The van der Waals surface area contributed by atoms with Gasteiger partial charge in [0.15, 0.2) is 6.61 Å². The van der Waals surface area contributed by atoms with Gasteiger partial charge in [0.1, 0.15) is 0 Å². The summed E-state index contributed by atoms with van der Waals surface area (Å²) >= 11 is 0. The molecule has 0 heterocycles. The number of hydrogen-bond donors (Lipinski definition) is 1. The van der Waals surface area contributed by atoms with Crippen LogP contribution in [0.25, 0.3) is 0 Å². The van der Waals surface area contributed by atoms with Gasteiger partial charge in [0.2, 0.25) is 5.91 Å². The SMILES string of the molecule is CC(=O)Nc1ccc(C(=O)OCC(=O)N(C)Cc2ccc(C)cc2)cc1. The lowest BCUT2D eigenvalue weighted by Crippen LogP contribution is -2.30. The summed E-state index contributed by atoms with van der Waals surface area (Å²) in [4.78, 5) is 36.6. The van der Waals surface area contributed by atoms with Crippen molar-refractivity contribution in [2.45, 2.75) is 20.4 Å². The van der Waals surface area contributed by atoms with Gasteiger partial charge < -0.3 is 15.0 Å². The van der Waals surface area contributed by atoms with Crippen LogP contribution in [0.1, 0.15) is 28.4 Å². The van der Waals surface area contributed by atoms with E-state index in [0.29, 0.717) is 17.8 Å². The Morgan fingerprint density at radius 2 is 1.62 bits per heavy atom. The molecule has 26 heavy (non-hydrogen) atoms. The van der Waals surface area contributed by atoms with E-state index in [1.807, 2.05) is 31.2 Å². The van der Waals surface area contributed by atoms with Crippen LogP contribution in [0.3, 0.4) is 0 Å². The number of benzene rings is 2. The Labute approximate surface area is 152 Å². The highest BCUT2D eigenvalue weighted by Gasteiger charge is 2.14. The van der Waals surface area contributed by atoms with Crippen LogP contribution in [-0.4, -0.2) is 36.3 Å². The number of esters is 1. The molecule has 0 aromatic heterocycles. The first-order chi connectivity index (χ1) is 12.3. The van der Waals surface area contributed by atoms with E-state index in [9.17, 15) is 14.4 Å². The van der Waals surface area contributed by atoms with Crippen molar-refractivity contribution >= 4 is 23.5 Å². The summed E-state index contributed by atoms with van der Waals surface area (Å²) in [5.41, 5.74) is 3.06. The second kappa shape index (κ2) is 8.80. The summed E-state index contributed by atoms with van der Waals surface area (Å²) in [7, 11) is 1.66. The monoisotopic (exact) mass is 354 g/mol. The number of rotatable bonds is 6. The molecule has 2 aromatic rings. The number of hydrogen-bond acceptors (Lipinski definition) is 4. The van der Waals surface area contributed by atoms with E-state index in [4.69, 9.17) is 4.74 Å². The number of carbonyl (C=O) groups excluding carboxylic acids is 3. The van der Waals surface area contributed by atoms with Gasteiger partial charge in [-0.1, -0.05) is 29.8 Å². The highest BCUT2D eigenvalue weighted by Crippen LogP contribution is 2.11. The number of likely N-dealkylation sites (N-methyl/N-ethyl adjacent to an activating group) is 1. The van der Waals surface area contributed by atoms with Crippen molar-refractivity contribution < 1.29 is 19.1 Å². The average molecular weight is 354 g/mol. The number of amides is 2. The van der Waals surface area contributed by atoms with Gasteiger partial charge in [0.05, 0.1) is 5.56 Å². The van der Waals surface area contributed by atoms with Crippen molar-refractivity contribution in [2.24, 2.45) is 0 Å². The van der Waals surface area contributed by atoms with Crippen LogP contribution in [0.2, 0.25) is 0 Å². The number of anilines is 1. The topological polar surface area (TPSA) is 75.7 Å². The molecule has 0 saturated carbocycles. The van der Waals surface area contributed by atoms with Gasteiger partial charge in [-0.3, -0.25) is 9.59 Å². The zero-order valence-corrected chi connectivity index (χ0v) is 15.1. The Morgan fingerprint density at radius 3 is 2.19 bits per heavy atom. The maximum absolute atomic E-state index is 12.1. The molecule has 0 aliphatic carbocycles. The minimum Gasteiger partial charge on any atom is -0.452 e. The fourth-order valence-electron chi connectivity index (χ4n) is 2.27. The standard InChI is InChI=1S/C20H22N2O4/c1-14-4-6-16(7-5-14)12-22(3)19(24)13-26-20(25)17-8-10-18(11-9-17)21-15(2)23/h4-11H,12-13H2,1-3H3,(H,21,23). The second-order valence-corrected chi connectivity index (χ2v) is 6.07. The average Bonchev–Trinajstić information content (AvgIpc) is 2.61. The molecule has 0 aliphatic heterocycles. The zero-order chi connectivity index (χ0) is 19.1. The van der Waals surface area contributed by atoms with Crippen LogP contribution >= 0.6 is 0 Å². The number of ether oxygens (including phenoxy) is 1. The summed E-state index contributed by atoms with van der Waals surface area (Å²) in [5, 5.41) is 2.61. The molecule has 0 spiro atoms. The fourth-order valence-corrected chi connectivity index (χ4v) is 2.27. The van der Waals surface area contributed by atoms with Crippen molar-refractivity contribution in [3.63, 3.8) is 0 Å². The van der Waals surface area contributed by atoms with Crippen LogP contribution in [0.5, 0.6) is 0 Å². The molecule has 0 bridgehead atoms. The molecular weight excluding hydrogens is 332 g/mol. The number of aryl methyl sites for hydroxylation is 1. The van der Waals surface area contributed by atoms with Crippen molar-refractivity contribution in [3.05, 3.63) is 65.2 Å². The van der Waals surface area contributed by atoms with E-state index < -0.39 is 5.97 Å². The molecule has 0 aliphatic rings. The molecule has 0 radical (unpaired) electrons. The lowest BCUT2D eigenvalue weighted by molar-refractivity contribution is -0.133. The van der Waals surface area contributed by atoms with E-state index >= 15 is 0 Å². The molecule has 136 valence electrons. The third-order valence-electron chi connectivity index (χ3n) is 3.73. The molecule has 0 fully saturated rings. The lowest BCUT2D eigenvalue weighted by Gasteiger charge is -2.17. The molecule has 2 rings (SSSR count). The third kappa shape index (κ3) is 5.73. The molecule has 2 aromatic carbocycles. The fraction of sp³-hybridized carbons (Fsp3) is 0.250. The van der Waals surface area contributed by atoms with Gasteiger partial charge in [0, 0.05) is 26.2 Å². The van der Waals surface area contributed by atoms with Gasteiger partial charge >= 0.3 is 5.97 Å². The summed E-state index contributed by atoms with van der Waals surface area (Å²) in [5.74, 6) is -1.06. The van der Waals surface area contributed by atoms with E-state index in [1.54, 1.807) is 19.2 Å². The van der Waals surface area contributed by atoms with Gasteiger partial charge in [-0.2, -0.15) is 0 Å².